The SMILES string of the molecule is CCOC(=O)N1[C@@H]2CC[C@H]1CC(NCCNS(=O)(=O)c1cccc(OC)c1)C2. The number of benzene rings is 1. The number of hydrogen-bond acceptors (Lipinski definition) is 6. The fraction of sp³-hybridized carbons (Fsp3) is 0.632. The Kier molecular flexibility index (Phi) is 6.79. The van der Waals surface area contributed by atoms with Gasteiger partial charge in [0.15, 0.2) is 0 Å². The molecule has 1 aromatic carbocycles. The Bertz CT molecular complexity index is 772. The number of piperidine rings is 1. The molecule has 1 aromatic rings. The highest BCUT2D eigenvalue weighted by Crippen LogP contribution is 2.36. The summed E-state index contributed by atoms with van der Waals surface area (Å²) in [7, 11) is -2.07. The first-order valence-electron chi connectivity index (χ1n) is 9.76. The standard InChI is InChI=1S/C19H29N3O5S/c1-3-27-19(23)22-15-7-8-16(22)12-14(11-15)20-9-10-21-28(24,25)18-6-4-5-17(13-18)26-2/h4-6,13-16,20-21H,3,7-12H2,1-2H3/t14?,15-,16+. The fourth-order valence-corrected chi connectivity index (χ4v) is 5.22. The van der Waals surface area contributed by atoms with Gasteiger partial charge in [-0.1, -0.05) is 6.07 Å². The van der Waals surface area contributed by atoms with Gasteiger partial charge in [0.2, 0.25) is 10.0 Å². The average Bonchev–Trinajstić information content (AvgIpc) is 2.96. The number of hydrogen-bond donors (Lipinski definition) is 2. The summed E-state index contributed by atoms with van der Waals surface area (Å²) in [5, 5.41) is 3.43. The van der Waals surface area contributed by atoms with Crippen LogP contribution in [0.5, 0.6) is 5.75 Å². The van der Waals surface area contributed by atoms with Crippen LogP contribution in [0.1, 0.15) is 32.6 Å². The van der Waals surface area contributed by atoms with Crippen LogP contribution in [0, 0.1) is 0 Å². The highest BCUT2D eigenvalue weighted by Gasteiger charge is 2.43. The number of carbonyl (C=O) groups excluding carboxylic acids is 1. The molecule has 2 saturated heterocycles. The van der Waals surface area contributed by atoms with E-state index in [9.17, 15) is 13.2 Å². The van der Waals surface area contributed by atoms with Gasteiger partial charge < -0.3 is 19.7 Å². The van der Waals surface area contributed by atoms with Crippen molar-refractivity contribution in [1.82, 2.24) is 14.9 Å². The molecule has 9 heteroatoms. The molecule has 2 fully saturated rings. The van der Waals surface area contributed by atoms with E-state index in [0.717, 1.165) is 25.7 Å². The second kappa shape index (κ2) is 9.11. The summed E-state index contributed by atoms with van der Waals surface area (Å²) in [5.74, 6) is 0.504. The Morgan fingerprint density at radius 3 is 2.57 bits per heavy atom. The maximum Gasteiger partial charge on any atom is 0.410 e. The molecule has 1 amide bonds. The zero-order valence-electron chi connectivity index (χ0n) is 16.4. The van der Waals surface area contributed by atoms with Crippen molar-refractivity contribution in [3.05, 3.63) is 24.3 Å². The number of amides is 1. The van der Waals surface area contributed by atoms with Gasteiger partial charge in [0.1, 0.15) is 5.75 Å². The van der Waals surface area contributed by atoms with Crippen LogP contribution in [-0.4, -0.2) is 64.3 Å². The Labute approximate surface area is 166 Å². The summed E-state index contributed by atoms with van der Waals surface area (Å²) in [6.07, 6.45) is 3.55. The molecule has 0 radical (unpaired) electrons. The van der Waals surface area contributed by atoms with Crippen molar-refractivity contribution in [3.63, 3.8) is 0 Å². The van der Waals surface area contributed by atoms with E-state index in [1.165, 1.54) is 13.2 Å². The molecule has 0 spiro atoms. The number of rotatable bonds is 8. The van der Waals surface area contributed by atoms with Crippen molar-refractivity contribution in [2.75, 3.05) is 26.8 Å². The fourth-order valence-electron chi connectivity index (χ4n) is 4.15. The molecule has 2 bridgehead atoms. The van der Waals surface area contributed by atoms with Gasteiger partial charge in [-0.15, -0.1) is 0 Å². The summed E-state index contributed by atoms with van der Waals surface area (Å²) >= 11 is 0. The lowest BCUT2D eigenvalue weighted by Gasteiger charge is -2.38. The number of carbonyl (C=O) groups is 1. The molecule has 1 unspecified atom stereocenters. The van der Waals surface area contributed by atoms with Gasteiger partial charge in [0, 0.05) is 37.3 Å². The van der Waals surface area contributed by atoms with E-state index in [0.29, 0.717) is 25.4 Å². The van der Waals surface area contributed by atoms with Crippen molar-refractivity contribution in [3.8, 4) is 5.75 Å². The third kappa shape index (κ3) is 4.76. The van der Waals surface area contributed by atoms with E-state index >= 15 is 0 Å². The smallest absolute Gasteiger partial charge is 0.410 e. The largest absolute Gasteiger partial charge is 0.497 e. The van der Waals surface area contributed by atoms with Gasteiger partial charge in [-0.05, 0) is 44.7 Å². The Morgan fingerprint density at radius 1 is 1.21 bits per heavy atom. The van der Waals surface area contributed by atoms with Crippen molar-refractivity contribution >= 4 is 16.1 Å². The minimum Gasteiger partial charge on any atom is -0.497 e. The number of fused-ring (bicyclic) bond motifs is 2. The zero-order chi connectivity index (χ0) is 20.1. The number of ether oxygens (including phenoxy) is 2. The number of nitrogens with one attached hydrogen (secondary N) is 2. The van der Waals surface area contributed by atoms with Crippen LogP contribution in [0.4, 0.5) is 4.79 Å². The molecule has 8 nitrogen and oxygen atoms in total. The second-order valence-electron chi connectivity index (χ2n) is 7.19. The maximum atomic E-state index is 12.4. The molecule has 28 heavy (non-hydrogen) atoms. The van der Waals surface area contributed by atoms with Gasteiger partial charge in [-0.3, -0.25) is 0 Å². The van der Waals surface area contributed by atoms with Gasteiger partial charge in [-0.25, -0.2) is 17.9 Å². The number of methoxy groups -OCH3 is 1. The van der Waals surface area contributed by atoms with Crippen LogP contribution in [0.15, 0.2) is 29.2 Å². The molecule has 0 aromatic heterocycles. The van der Waals surface area contributed by atoms with Crippen LogP contribution in [-0.2, 0) is 14.8 Å². The zero-order valence-corrected chi connectivity index (χ0v) is 17.2. The van der Waals surface area contributed by atoms with E-state index in [4.69, 9.17) is 9.47 Å². The first-order chi connectivity index (χ1) is 13.4. The van der Waals surface area contributed by atoms with E-state index < -0.39 is 10.0 Å². The highest BCUT2D eigenvalue weighted by atomic mass is 32.2. The molecule has 0 saturated carbocycles. The molecular formula is C19H29N3O5S. The Balaban J connectivity index is 1.45. The first-order valence-corrected chi connectivity index (χ1v) is 11.2. The first kappa shape index (κ1) is 20.9. The maximum absolute atomic E-state index is 12.4. The molecule has 3 rings (SSSR count). The van der Waals surface area contributed by atoms with Crippen LogP contribution in [0.25, 0.3) is 0 Å². The lowest BCUT2D eigenvalue weighted by Crippen LogP contribution is -2.52. The van der Waals surface area contributed by atoms with Crippen molar-refractivity contribution in [2.24, 2.45) is 0 Å². The molecule has 2 heterocycles. The molecule has 2 aliphatic rings. The van der Waals surface area contributed by atoms with Crippen LogP contribution < -0.4 is 14.8 Å². The lowest BCUT2D eigenvalue weighted by molar-refractivity contribution is 0.0661. The monoisotopic (exact) mass is 411 g/mol. The minimum atomic E-state index is -3.57. The van der Waals surface area contributed by atoms with Crippen molar-refractivity contribution in [2.45, 2.75) is 55.6 Å². The van der Waals surface area contributed by atoms with Crippen LogP contribution in [0.2, 0.25) is 0 Å². The summed E-state index contributed by atoms with van der Waals surface area (Å²) < 4.78 is 37.7. The van der Waals surface area contributed by atoms with Gasteiger partial charge in [0.25, 0.3) is 0 Å². The summed E-state index contributed by atoms with van der Waals surface area (Å²) in [6, 6.07) is 7.10. The predicted molar refractivity (Wildman–Crippen MR) is 105 cm³/mol. The summed E-state index contributed by atoms with van der Waals surface area (Å²) in [6.45, 7) is 3.05. The summed E-state index contributed by atoms with van der Waals surface area (Å²) in [5.41, 5.74) is 0. The van der Waals surface area contributed by atoms with E-state index in [1.807, 2.05) is 11.8 Å². The average molecular weight is 412 g/mol. The number of nitrogens with zero attached hydrogens (tertiary/aromatic N) is 1. The third-order valence-corrected chi connectivity index (χ3v) is 6.87. The second-order valence-corrected chi connectivity index (χ2v) is 8.96. The normalized spacial score (nSPS) is 24.2. The van der Waals surface area contributed by atoms with Crippen LogP contribution in [0.3, 0.4) is 0 Å². The molecule has 3 atom stereocenters. The molecule has 2 N–H and O–H groups in total. The molecule has 2 aliphatic heterocycles. The highest BCUT2D eigenvalue weighted by molar-refractivity contribution is 7.89. The van der Waals surface area contributed by atoms with E-state index in [1.54, 1.807) is 18.2 Å². The number of sulfonamides is 1. The van der Waals surface area contributed by atoms with Gasteiger partial charge in [0.05, 0.1) is 18.6 Å². The molecule has 156 valence electrons. The van der Waals surface area contributed by atoms with Crippen LogP contribution >= 0.6 is 0 Å². The minimum absolute atomic E-state index is 0.188. The van der Waals surface area contributed by atoms with Crippen molar-refractivity contribution in [1.29, 1.82) is 0 Å². The third-order valence-electron chi connectivity index (χ3n) is 5.41. The lowest BCUT2D eigenvalue weighted by atomic mass is 9.98. The predicted octanol–water partition coefficient (Wildman–Crippen LogP) is 1.72. The Morgan fingerprint density at radius 2 is 1.93 bits per heavy atom. The Hall–Kier alpha value is -1.84. The van der Waals surface area contributed by atoms with E-state index in [-0.39, 0.29) is 29.1 Å². The molecule has 0 aliphatic carbocycles. The molecular weight excluding hydrogens is 382 g/mol. The topological polar surface area (TPSA) is 97.0 Å². The quantitative estimate of drug-likeness (QED) is 0.632. The van der Waals surface area contributed by atoms with E-state index in [2.05, 4.69) is 10.0 Å². The van der Waals surface area contributed by atoms with Gasteiger partial charge >= 0.3 is 6.09 Å². The van der Waals surface area contributed by atoms with Crippen molar-refractivity contribution < 1.29 is 22.7 Å². The summed E-state index contributed by atoms with van der Waals surface area (Å²) in [4.78, 5) is 14.2. The van der Waals surface area contributed by atoms with Gasteiger partial charge in [-0.2, -0.15) is 0 Å².